The first-order valence-electron chi connectivity index (χ1n) is 11.5. The van der Waals surface area contributed by atoms with E-state index in [1.165, 1.54) is 12.2 Å². The molecule has 190 valence electrons. The summed E-state index contributed by atoms with van der Waals surface area (Å²) in [6.45, 7) is 18.6. The number of Topliss-reactive ketones (excluding diaryl/α,β-unsaturated/α-hetero) is 1. The molecule has 8 heteroatoms. The monoisotopic (exact) mass is 468 g/mol. The van der Waals surface area contributed by atoms with E-state index in [9.17, 15) is 19.2 Å². The molecule has 0 unspecified atom stereocenters. The Morgan fingerprint density at radius 1 is 0.970 bits per heavy atom. The van der Waals surface area contributed by atoms with E-state index in [0.29, 0.717) is 25.4 Å². The van der Waals surface area contributed by atoms with E-state index in [-0.39, 0.29) is 29.6 Å². The van der Waals surface area contributed by atoms with Crippen LogP contribution in [0.1, 0.15) is 88.0 Å². The van der Waals surface area contributed by atoms with Crippen LogP contribution in [0.4, 0.5) is 0 Å². The number of carbonyl (C=O) groups excluding carboxylic acids is 4. The molecule has 2 N–H and O–H groups in total. The lowest BCUT2D eigenvalue weighted by molar-refractivity contribution is -0.143. The highest BCUT2D eigenvalue weighted by atomic mass is 16.6. The highest BCUT2D eigenvalue weighted by Gasteiger charge is 2.37. The fourth-order valence-electron chi connectivity index (χ4n) is 3.17. The van der Waals surface area contributed by atoms with Gasteiger partial charge in [-0.15, -0.1) is 0 Å². The topological polar surface area (TPSA) is 116 Å². The Bertz CT molecular complexity index is 704. The third-order valence-corrected chi connectivity index (χ3v) is 5.07. The number of nitrogens with two attached hydrogens (primary N) is 1. The number of rotatable bonds is 13. The second-order valence-electron chi connectivity index (χ2n) is 10.8. The Hall–Kier alpha value is -2.06. The molecule has 33 heavy (non-hydrogen) atoms. The zero-order chi connectivity index (χ0) is 26.0. The summed E-state index contributed by atoms with van der Waals surface area (Å²) in [5.41, 5.74) is 3.64. The summed E-state index contributed by atoms with van der Waals surface area (Å²) in [5, 5.41) is 0. The van der Waals surface area contributed by atoms with Crippen LogP contribution in [0, 0.1) is 5.92 Å². The summed E-state index contributed by atoms with van der Waals surface area (Å²) in [5.74, 6) is -0.312. The molecular weight excluding hydrogens is 424 g/mol. The van der Waals surface area contributed by atoms with Gasteiger partial charge in [0.1, 0.15) is 5.78 Å². The number of amides is 3. The van der Waals surface area contributed by atoms with Crippen LogP contribution in [0.15, 0.2) is 12.2 Å². The third kappa shape index (κ3) is 13.3. The predicted octanol–water partition coefficient (Wildman–Crippen LogP) is 3.56. The second kappa shape index (κ2) is 13.0. The summed E-state index contributed by atoms with van der Waals surface area (Å²) in [4.78, 5) is 45.7. The molecule has 0 aromatic carbocycles. The Morgan fingerprint density at radius 2 is 1.48 bits per heavy atom. The summed E-state index contributed by atoms with van der Waals surface area (Å²) in [6.07, 6.45) is 4.49. The molecule has 0 saturated carbocycles. The lowest BCUT2D eigenvalue weighted by atomic mass is 9.96. The molecule has 1 heterocycles. The van der Waals surface area contributed by atoms with E-state index in [1.807, 2.05) is 27.7 Å². The zero-order valence-corrected chi connectivity index (χ0v) is 21.9. The van der Waals surface area contributed by atoms with Gasteiger partial charge in [0.2, 0.25) is 5.91 Å². The maximum absolute atomic E-state index is 11.4. The van der Waals surface area contributed by atoms with E-state index < -0.39 is 17.0 Å². The van der Waals surface area contributed by atoms with Gasteiger partial charge < -0.3 is 15.2 Å². The van der Waals surface area contributed by atoms with Gasteiger partial charge in [0.05, 0.1) is 17.8 Å². The third-order valence-electron chi connectivity index (χ3n) is 5.07. The second-order valence-corrected chi connectivity index (χ2v) is 10.8. The molecule has 3 amide bonds. The van der Waals surface area contributed by atoms with Crippen molar-refractivity contribution in [1.82, 2.24) is 4.90 Å². The summed E-state index contributed by atoms with van der Waals surface area (Å²) < 4.78 is 11.6. The molecule has 1 aliphatic rings. The molecule has 0 aromatic heterocycles. The van der Waals surface area contributed by atoms with E-state index in [1.54, 1.807) is 20.8 Å². The summed E-state index contributed by atoms with van der Waals surface area (Å²) in [7, 11) is 0. The van der Waals surface area contributed by atoms with Gasteiger partial charge in [-0.1, -0.05) is 13.8 Å². The zero-order valence-electron chi connectivity index (χ0n) is 21.9. The van der Waals surface area contributed by atoms with Gasteiger partial charge in [-0.3, -0.25) is 24.1 Å². The van der Waals surface area contributed by atoms with Crippen molar-refractivity contribution in [1.29, 1.82) is 0 Å². The molecule has 0 radical (unpaired) electrons. The molecule has 1 aliphatic heterocycles. The molecule has 0 fully saturated rings. The summed E-state index contributed by atoms with van der Waals surface area (Å²) in [6, 6.07) is 0. The molecule has 0 bridgehead atoms. The Kier molecular flexibility index (Phi) is 12.2. The van der Waals surface area contributed by atoms with Crippen molar-refractivity contribution in [3.63, 3.8) is 0 Å². The standard InChI is InChI=1S/C15H30O3.C10H14N2O3/c1-12(2)8-9-17-15(6,7)11-18-14(4,5)10-13(3)16;1-10(2,6-5-7(11)13)12-8(14)3-4-9(12)15/h12H,8-11H2,1-7H3;3-4H,5-6H2,1-2H3,(H2,11,13). The fraction of sp³-hybridized carbons (Fsp3) is 0.760. The number of primary amides is 1. The van der Waals surface area contributed by atoms with Gasteiger partial charge in [-0.2, -0.15) is 0 Å². The van der Waals surface area contributed by atoms with Crippen LogP contribution in [0.2, 0.25) is 0 Å². The number of ketones is 1. The number of hydrogen-bond donors (Lipinski definition) is 1. The highest BCUT2D eigenvalue weighted by Crippen LogP contribution is 2.24. The largest absolute Gasteiger partial charge is 0.373 e. The quantitative estimate of drug-likeness (QED) is 0.413. The molecule has 0 atom stereocenters. The SMILES string of the molecule is CC(=O)CC(C)(C)OCC(C)(C)OCCC(C)C.CC(C)(CCC(N)=O)N1C(=O)C=CC1=O. The molecule has 0 saturated heterocycles. The lowest BCUT2D eigenvalue weighted by Crippen LogP contribution is -2.48. The van der Waals surface area contributed by atoms with Gasteiger partial charge in [0, 0.05) is 37.1 Å². The van der Waals surface area contributed by atoms with Crippen molar-refractivity contribution in [2.24, 2.45) is 11.7 Å². The molecule has 0 spiro atoms. The fourth-order valence-corrected chi connectivity index (χ4v) is 3.17. The maximum Gasteiger partial charge on any atom is 0.254 e. The van der Waals surface area contributed by atoms with E-state index in [2.05, 4.69) is 13.8 Å². The molecule has 0 aromatic rings. The van der Waals surface area contributed by atoms with Gasteiger partial charge in [0.15, 0.2) is 0 Å². The van der Waals surface area contributed by atoms with Crippen LogP contribution in [0.25, 0.3) is 0 Å². The number of nitrogens with zero attached hydrogens (tertiary/aromatic N) is 1. The molecular formula is C25H44N2O6. The van der Waals surface area contributed by atoms with Crippen LogP contribution in [0.3, 0.4) is 0 Å². The van der Waals surface area contributed by atoms with Crippen LogP contribution in [0.5, 0.6) is 0 Å². The minimum absolute atomic E-state index is 0.151. The van der Waals surface area contributed by atoms with Crippen LogP contribution in [-0.2, 0) is 28.7 Å². The van der Waals surface area contributed by atoms with Gasteiger partial charge in [-0.25, -0.2) is 0 Å². The van der Waals surface area contributed by atoms with Crippen molar-refractivity contribution < 1.29 is 28.7 Å². The number of hydrogen-bond acceptors (Lipinski definition) is 6. The van der Waals surface area contributed by atoms with Crippen LogP contribution >= 0.6 is 0 Å². The Balaban J connectivity index is 0.000000629. The smallest absolute Gasteiger partial charge is 0.254 e. The van der Waals surface area contributed by atoms with Crippen molar-refractivity contribution in [2.45, 2.75) is 105 Å². The summed E-state index contributed by atoms with van der Waals surface area (Å²) >= 11 is 0. The van der Waals surface area contributed by atoms with Crippen molar-refractivity contribution in [3.8, 4) is 0 Å². The van der Waals surface area contributed by atoms with Gasteiger partial charge >= 0.3 is 0 Å². The minimum Gasteiger partial charge on any atom is -0.373 e. The molecule has 8 nitrogen and oxygen atoms in total. The van der Waals surface area contributed by atoms with Gasteiger partial charge in [-0.05, 0) is 67.2 Å². The van der Waals surface area contributed by atoms with Crippen LogP contribution in [-0.4, -0.2) is 58.4 Å². The van der Waals surface area contributed by atoms with E-state index >= 15 is 0 Å². The van der Waals surface area contributed by atoms with Crippen LogP contribution < -0.4 is 5.73 Å². The minimum atomic E-state index is -0.674. The lowest BCUT2D eigenvalue weighted by Gasteiger charge is -2.33. The molecule has 0 aliphatic carbocycles. The number of ether oxygens (including phenoxy) is 2. The Labute approximate surface area is 199 Å². The number of imide groups is 1. The predicted molar refractivity (Wildman–Crippen MR) is 128 cm³/mol. The van der Waals surface area contributed by atoms with E-state index in [4.69, 9.17) is 15.2 Å². The first kappa shape index (κ1) is 30.9. The number of carbonyl (C=O) groups is 4. The Morgan fingerprint density at radius 3 is 1.91 bits per heavy atom. The van der Waals surface area contributed by atoms with Crippen molar-refractivity contribution in [3.05, 3.63) is 12.2 Å². The average Bonchev–Trinajstić information content (AvgIpc) is 2.97. The first-order chi connectivity index (χ1) is 14.9. The van der Waals surface area contributed by atoms with E-state index in [0.717, 1.165) is 17.9 Å². The highest BCUT2D eigenvalue weighted by molar-refractivity contribution is 6.13. The maximum atomic E-state index is 11.4. The average molecular weight is 469 g/mol. The van der Waals surface area contributed by atoms with Gasteiger partial charge in [0.25, 0.3) is 11.8 Å². The normalized spacial score (nSPS) is 14.5. The van der Waals surface area contributed by atoms with Crippen molar-refractivity contribution in [2.75, 3.05) is 13.2 Å². The first-order valence-corrected chi connectivity index (χ1v) is 11.5. The van der Waals surface area contributed by atoms with Crippen molar-refractivity contribution >= 4 is 23.5 Å². The molecule has 1 rings (SSSR count).